The van der Waals surface area contributed by atoms with Gasteiger partial charge in [-0.1, -0.05) is 55.0 Å². The number of amides is 2. The van der Waals surface area contributed by atoms with Gasteiger partial charge in [-0.2, -0.15) is 5.10 Å². The fourth-order valence-electron chi connectivity index (χ4n) is 3.41. The average molecular weight is 552 g/mol. The zero-order valence-electron chi connectivity index (χ0n) is 20.6. The van der Waals surface area contributed by atoms with E-state index in [0.29, 0.717) is 40.4 Å². The van der Waals surface area contributed by atoms with E-state index < -0.39 is 11.8 Å². The first kappa shape index (κ1) is 26.9. The van der Waals surface area contributed by atoms with Gasteiger partial charge < -0.3 is 14.8 Å². The van der Waals surface area contributed by atoms with Gasteiger partial charge in [0, 0.05) is 5.69 Å². The van der Waals surface area contributed by atoms with Crippen molar-refractivity contribution in [3.8, 4) is 11.5 Å². The maximum absolute atomic E-state index is 12.2. The van der Waals surface area contributed by atoms with Crippen molar-refractivity contribution >= 4 is 39.6 Å². The van der Waals surface area contributed by atoms with Crippen molar-refractivity contribution in [1.82, 2.24) is 5.43 Å². The highest BCUT2D eigenvalue weighted by Crippen LogP contribution is 2.37. The highest BCUT2D eigenvalue weighted by Gasteiger charge is 2.13. The molecule has 0 saturated heterocycles. The molecule has 0 aliphatic rings. The van der Waals surface area contributed by atoms with Gasteiger partial charge in [0.1, 0.15) is 13.0 Å². The minimum atomic E-state index is -0.514. The van der Waals surface area contributed by atoms with Crippen LogP contribution in [0.2, 0.25) is 0 Å². The van der Waals surface area contributed by atoms with Crippen LogP contribution in [0, 0.1) is 6.92 Å². The number of hydrogen-bond acceptors (Lipinski definition) is 5. The molecular formula is C28H30BrN3O4. The number of carbonyl (C=O) groups excluding carboxylic acids is 2. The predicted molar refractivity (Wildman–Crippen MR) is 146 cm³/mol. The second-order valence-corrected chi connectivity index (χ2v) is 8.92. The molecule has 188 valence electrons. The molecule has 2 N–H and O–H groups in total. The van der Waals surface area contributed by atoms with Gasteiger partial charge in [0.05, 0.1) is 17.3 Å². The smallest absolute Gasteiger partial charge is 0.249 e. The zero-order chi connectivity index (χ0) is 25.9. The molecular weight excluding hydrogens is 522 g/mol. The molecule has 3 rings (SSSR count). The lowest BCUT2D eigenvalue weighted by atomic mass is 10.1. The van der Waals surface area contributed by atoms with Crippen molar-refractivity contribution in [2.45, 2.75) is 40.2 Å². The molecule has 0 aliphatic carbocycles. The number of benzene rings is 3. The summed E-state index contributed by atoms with van der Waals surface area (Å²) in [5.74, 6) is 0.225. The Balaban J connectivity index is 1.59. The topological polar surface area (TPSA) is 89.0 Å². The molecule has 0 aliphatic heterocycles. The highest BCUT2D eigenvalue weighted by atomic mass is 79.9. The summed E-state index contributed by atoms with van der Waals surface area (Å²) in [6.07, 6.45) is 1.93. The maximum Gasteiger partial charge on any atom is 0.249 e. The lowest BCUT2D eigenvalue weighted by Gasteiger charge is -2.15. The number of hydrogen-bond donors (Lipinski definition) is 2. The first-order valence-electron chi connectivity index (χ1n) is 11.7. The normalized spacial score (nSPS) is 10.8. The first-order valence-corrected chi connectivity index (χ1v) is 12.5. The van der Waals surface area contributed by atoms with E-state index in [1.54, 1.807) is 6.07 Å². The summed E-state index contributed by atoms with van der Waals surface area (Å²) >= 11 is 3.54. The number of carbonyl (C=O) groups is 2. The number of rotatable bonds is 11. The number of para-hydroxylation sites is 1. The van der Waals surface area contributed by atoms with Gasteiger partial charge >= 0.3 is 0 Å². The van der Waals surface area contributed by atoms with Gasteiger partial charge in [-0.25, -0.2) is 5.43 Å². The van der Waals surface area contributed by atoms with E-state index in [4.69, 9.17) is 9.47 Å². The number of nitrogens with zero attached hydrogens (tertiary/aromatic N) is 1. The van der Waals surface area contributed by atoms with Crippen molar-refractivity contribution in [3.05, 3.63) is 87.4 Å². The highest BCUT2D eigenvalue weighted by molar-refractivity contribution is 9.10. The molecule has 7 nitrogen and oxygen atoms in total. The maximum atomic E-state index is 12.2. The minimum absolute atomic E-state index is 0.338. The van der Waals surface area contributed by atoms with E-state index in [0.717, 1.165) is 17.5 Å². The third-order valence-electron chi connectivity index (χ3n) is 5.23. The number of hydrazone groups is 1. The molecule has 3 aromatic rings. The number of nitrogens with one attached hydrogen (secondary N) is 2. The van der Waals surface area contributed by atoms with Crippen LogP contribution in [0.25, 0.3) is 0 Å². The van der Waals surface area contributed by atoms with Crippen LogP contribution >= 0.6 is 15.9 Å². The lowest BCUT2D eigenvalue weighted by Crippen LogP contribution is -2.25. The lowest BCUT2D eigenvalue weighted by molar-refractivity contribution is -0.126. The summed E-state index contributed by atoms with van der Waals surface area (Å²) in [5, 5.41) is 6.76. The van der Waals surface area contributed by atoms with Crippen LogP contribution in [0.1, 0.15) is 42.5 Å². The second kappa shape index (κ2) is 13.4. The van der Waals surface area contributed by atoms with Crippen molar-refractivity contribution < 1.29 is 19.1 Å². The van der Waals surface area contributed by atoms with Crippen molar-refractivity contribution in [2.75, 3.05) is 11.9 Å². The first-order chi connectivity index (χ1) is 17.4. The van der Waals surface area contributed by atoms with Crippen molar-refractivity contribution in [3.63, 3.8) is 0 Å². The Morgan fingerprint density at radius 1 is 1.00 bits per heavy atom. The van der Waals surface area contributed by atoms with Crippen LogP contribution in [0.5, 0.6) is 11.5 Å². The van der Waals surface area contributed by atoms with Crippen LogP contribution in [0.15, 0.2) is 70.2 Å². The van der Waals surface area contributed by atoms with Crippen molar-refractivity contribution in [2.24, 2.45) is 5.10 Å². The third kappa shape index (κ3) is 7.95. The summed E-state index contributed by atoms with van der Waals surface area (Å²) in [5.41, 5.74) is 7.03. The van der Waals surface area contributed by atoms with Crippen LogP contribution in [0.3, 0.4) is 0 Å². The average Bonchev–Trinajstić information content (AvgIpc) is 2.85. The third-order valence-corrected chi connectivity index (χ3v) is 5.82. The Hall–Kier alpha value is -3.65. The van der Waals surface area contributed by atoms with E-state index in [9.17, 15) is 9.59 Å². The van der Waals surface area contributed by atoms with E-state index in [1.165, 1.54) is 11.8 Å². The standard InChI is InChI=1S/C28H30BrN3O4/c1-4-22-8-6-7-9-24(22)31-26(33)16-27(34)32-30-17-21-14-23(29)28(25(15-21)35-5-2)36-18-20-12-10-19(3)11-13-20/h6-15,17H,4-5,16,18H2,1-3H3,(H,31,33)(H,32,34). The molecule has 0 unspecified atom stereocenters. The Morgan fingerprint density at radius 2 is 1.75 bits per heavy atom. The molecule has 36 heavy (non-hydrogen) atoms. The van der Waals surface area contributed by atoms with Crippen LogP contribution in [-0.2, 0) is 22.6 Å². The van der Waals surface area contributed by atoms with Gasteiger partial charge in [-0.05, 0) is 71.1 Å². The number of anilines is 1. The van der Waals surface area contributed by atoms with Gasteiger partial charge in [-0.3, -0.25) is 9.59 Å². The largest absolute Gasteiger partial charge is 0.490 e. The molecule has 0 saturated carbocycles. The van der Waals surface area contributed by atoms with Gasteiger partial charge in [0.25, 0.3) is 0 Å². The van der Waals surface area contributed by atoms with E-state index in [1.807, 2.05) is 75.4 Å². The van der Waals surface area contributed by atoms with Gasteiger partial charge in [0.2, 0.25) is 11.8 Å². The molecule has 2 amide bonds. The molecule has 8 heteroatoms. The molecule has 0 atom stereocenters. The second-order valence-electron chi connectivity index (χ2n) is 8.07. The fourth-order valence-corrected chi connectivity index (χ4v) is 3.99. The van der Waals surface area contributed by atoms with E-state index >= 15 is 0 Å². The number of ether oxygens (including phenoxy) is 2. The van der Waals surface area contributed by atoms with Crippen LogP contribution < -0.4 is 20.2 Å². The SMILES string of the molecule is CCOc1cc(C=NNC(=O)CC(=O)Nc2ccccc2CC)cc(Br)c1OCc1ccc(C)cc1. The monoisotopic (exact) mass is 551 g/mol. The number of halogens is 1. The Kier molecular flexibility index (Phi) is 10.1. The molecule has 0 heterocycles. The Bertz CT molecular complexity index is 1230. The fraction of sp³-hybridized carbons (Fsp3) is 0.250. The summed E-state index contributed by atoms with van der Waals surface area (Å²) in [7, 11) is 0. The molecule has 0 fully saturated rings. The predicted octanol–water partition coefficient (Wildman–Crippen LogP) is 5.78. The van der Waals surface area contributed by atoms with Gasteiger partial charge in [0.15, 0.2) is 11.5 Å². The summed E-state index contributed by atoms with van der Waals surface area (Å²) in [6, 6.07) is 19.2. The van der Waals surface area contributed by atoms with Crippen LogP contribution in [-0.4, -0.2) is 24.6 Å². The number of aryl methyl sites for hydroxylation is 2. The molecule has 3 aromatic carbocycles. The molecule has 0 bridgehead atoms. The summed E-state index contributed by atoms with van der Waals surface area (Å²) < 4.78 is 12.5. The molecule has 0 spiro atoms. The van der Waals surface area contributed by atoms with Gasteiger partial charge in [-0.15, -0.1) is 0 Å². The summed E-state index contributed by atoms with van der Waals surface area (Å²) in [6.45, 7) is 6.79. The molecule has 0 radical (unpaired) electrons. The molecule has 0 aromatic heterocycles. The minimum Gasteiger partial charge on any atom is -0.490 e. The Labute approximate surface area is 220 Å². The summed E-state index contributed by atoms with van der Waals surface area (Å²) in [4.78, 5) is 24.4. The van der Waals surface area contributed by atoms with E-state index in [2.05, 4.69) is 31.8 Å². The van der Waals surface area contributed by atoms with Crippen molar-refractivity contribution in [1.29, 1.82) is 0 Å². The van der Waals surface area contributed by atoms with E-state index in [-0.39, 0.29) is 6.42 Å². The Morgan fingerprint density at radius 3 is 2.47 bits per heavy atom. The zero-order valence-corrected chi connectivity index (χ0v) is 22.2. The van der Waals surface area contributed by atoms with Crippen LogP contribution in [0.4, 0.5) is 5.69 Å². The quantitative estimate of drug-likeness (QED) is 0.179.